The number of rotatable bonds is 5. The highest BCUT2D eigenvalue weighted by molar-refractivity contribution is 14.0. The van der Waals surface area contributed by atoms with Crippen molar-refractivity contribution in [3.8, 4) is 0 Å². The van der Waals surface area contributed by atoms with Gasteiger partial charge in [-0.3, -0.25) is 4.99 Å². The number of likely N-dealkylation sites (tertiary alicyclic amines) is 1. The van der Waals surface area contributed by atoms with Gasteiger partial charge in [0.25, 0.3) is 0 Å². The van der Waals surface area contributed by atoms with Crippen LogP contribution in [-0.2, 0) is 6.42 Å². The van der Waals surface area contributed by atoms with Crippen LogP contribution >= 0.6 is 35.3 Å². The number of hydrogen-bond donors (Lipinski definition) is 1. The molecule has 0 amide bonds. The van der Waals surface area contributed by atoms with Crippen molar-refractivity contribution in [1.29, 1.82) is 0 Å². The Balaban J connectivity index is 0.00000264. The zero-order valence-corrected chi connectivity index (χ0v) is 18.2. The van der Waals surface area contributed by atoms with E-state index < -0.39 is 0 Å². The van der Waals surface area contributed by atoms with E-state index in [0.717, 1.165) is 48.9 Å². The summed E-state index contributed by atoms with van der Waals surface area (Å²) in [6.07, 6.45) is 3.65. The highest BCUT2D eigenvalue weighted by atomic mass is 127. The quantitative estimate of drug-likeness (QED) is 0.421. The summed E-state index contributed by atoms with van der Waals surface area (Å²) in [4.78, 5) is 12.8. The van der Waals surface area contributed by atoms with Crippen LogP contribution in [0.4, 0.5) is 0 Å². The number of guanidine groups is 1. The summed E-state index contributed by atoms with van der Waals surface area (Å²) >= 11 is 1.81. The molecule has 1 unspecified atom stereocenters. The number of hydrogen-bond acceptors (Lipinski definition) is 3. The van der Waals surface area contributed by atoms with Gasteiger partial charge in [0.05, 0.1) is 10.7 Å². The lowest BCUT2D eigenvalue weighted by atomic mass is 9.97. The highest BCUT2D eigenvalue weighted by Crippen LogP contribution is 2.23. The van der Waals surface area contributed by atoms with Crippen LogP contribution in [-0.4, -0.2) is 42.5 Å². The summed E-state index contributed by atoms with van der Waals surface area (Å²) in [5.41, 5.74) is 1.18. The Morgan fingerprint density at radius 2 is 2.17 bits per heavy atom. The first-order valence-corrected chi connectivity index (χ1v) is 9.19. The lowest BCUT2D eigenvalue weighted by Gasteiger charge is -2.22. The van der Waals surface area contributed by atoms with E-state index in [1.165, 1.54) is 23.4 Å². The van der Waals surface area contributed by atoms with Crippen molar-refractivity contribution in [3.05, 3.63) is 15.6 Å². The van der Waals surface area contributed by atoms with Crippen LogP contribution in [0.25, 0.3) is 0 Å². The molecule has 1 aromatic heterocycles. The molecule has 1 aliphatic heterocycles. The molecule has 0 aromatic carbocycles. The highest BCUT2D eigenvalue weighted by Gasteiger charge is 2.25. The average molecular weight is 450 g/mol. The Hall–Kier alpha value is -0.370. The van der Waals surface area contributed by atoms with Crippen molar-refractivity contribution >= 4 is 41.3 Å². The van der Waals surface area contributed by atoms with Gasteiger partial charge in [-0.15, -0.1) is 35.3 Å². The molecule has 1 atom stereocenters. The van der Waals surface area contributed by atoms with Crippen molar-refractivity contribution in [3.63, 3.8) is 0 Å². The Morgan fingerprint density at radius 1 is 1.43 bits per heavy atom. The molecule has 0 spiro atoms. The van der Waals surface area contributed by atoms with Gasteiger partial charge in [0.2, 0.25) is 0 Å². The van der Waals surface area contributed by atoms with Crippen molar-refractivity contribution in [2.75, 3.05) is 26.7 Å². The van der Waals surface area contributed by atoms with Crippen LogP contribution in [0.5, 0.6) is 0 Å². The van der Waals surface area contributed by atoms with E-state index in [1.807, 2.05) is 18.4 Å². The Kier molecular flexibility index (Phi) is 8.82. The maximum Gasteiger partial charge on any atom is 0.193 e. The van der Waals surface area contributed by atoms with Gasteiger partial charge >= 0.3 is 0 Å². The van der Waals surface area contributed by atoms with Crippen LogP contribution in [0.15, 0.2) is 4.99 Å². The first-order chi connectivity index (χ1) is 10.5. The van der Waals surface area contributed by atoms with Crippen molar-refractivity contribution in [2.24, 2.45) is 16.8 Å². The zero-order chi connectivity index (χ0) is 16.1. The summed E-state index contributed by atoms with van der Waals surface area (Å²) in [6.45, 7) is 12.0. The number of aliphatic imine (C=N–C) groups is 1. The molecular formula is C17H31IN4S. The SMILES string of the molecule is CN=C(NCCc1sc(C)nc1C)N1CCC(CC(C)C)C1.I. The summed E-state index contributed by atoms with van der Waals surface area (Å²) in [5.74, 6) is 2.67. The van der Waals surface area contributed by atoms with E-state index in [2.05, 4.69) is 47.9 Å². The first-order valence-electron chi connectivity index (χ1n) is 8.38. The van der Waals surface area contributed by atoms with E-state index >= 15 is 0 Å². The summed E-state index contributed by atoms with van der Waals surface area (Å²) in [7, 11) is 1.89. The number of halogens is 1. The second-order valence-corrected chi connectivity index (χ2v) is 7.98. The molecule has 4 nitrogen and oxygen atoms in total. The Labute approximate surface area is 162 Å². The molecule has 1 N–H and O–H groups in total. The number of aromatic nitrogens is 1. The fourth-order valence-electron chi connectivity index (χ4n) is 3.31. The van der Waals surface area contributed by atoms with Crippen molar-refractivity contribution < 1.29 is 0 Å². The molecule has 1 aromatic rings. The van der Waals surface area contributed by atoms with Gasteiger partial charge in [0.1, 0.15) is 0 Å². The van der Waals surface area contributed by atoms with Gasteiger partial charge in [-0.25, -0.2) is 4.98 Å². The minimum absolute atomic E-state index is 0. The fraction of sp³-hybridized carbons (Fsp3) is 0.765. The molecular weight excluding hydrogens is 419 g/mol. The van der Waals surface area contributed by atoms with Gasteiger partial charge < -0.3 is 10.2 Å². The van der Waals surface area contributed by atoms with Crippen LogP contribution in [0.3, 0.4) is 0 Å². The standard InChI is InChI=1S/C17H30N4S.HI/c1-12(2)10-15-7-9-21(11-15)17(18-5)19-8-6-16-13(3)20-14(4)22-16;/h12,15H,6-11H2,1-5H3,(H,18,19);1H. The van der Waals surface area contributed by atoms with Crippen LogP contribution in [0.2, 0.25) is 0 Å². The van der Waals surface area contributed by atoms with E-state index in [9.17, 15) is 0 Å². The molecule has 1 saturated heterocycles. The number of nitrogens with one attached hydrogen (secondary N) is 1. The molecule has 6 heteroatoms. The third kappa shape index (κ3) is 6.21. The molecule has 0 saturated carbocycles. The molecule has 2 heterocycles. The van der Waals surface area contributed by atoms with Crippen LogP contribution in [0.1, 0.15) is 42.3 Å². The van der Waals surface area contributed by atoms with Crippen LogP contribution in [0, 0.1) is 25.7 Å². The monoisotopic (exact) mass is 450 g/mol. The topological polar surface area (TPSA) is 40.5 Å². The second-order valence-electron chi connectivity index (χ2n) is 6.70. The summed E-state index contributed by atoms with van der Waals surface area (Å²) in [5, 5.41) is 4.69. The predicted octanol–water partition coefficient (Wildman–Crippen LogP) is 3.86. The Bertz CT molecular complexity index is 513. The minimum Gasteiger partial charge on any atom is -0.356 e. The third-order valence-electron chi connectivity index (χ3n) is 4.24. The smallest absolute Gasteiger partial charge is 0.193 e. The second kappa shape index (κ2) is 9.81. The van der Waals surface area contributed by atoms with Gasteiger partial charge in [0, 0.05) is 38.0 Å². The lowest BCUT2D eigenvalue weighted by molar-refractivity contribution is 0.404. The normalized spacial score (nSPS) is 18.4. The largest absolute Gasteiger partial charge is 0.356 e. The minimum atomic E-state index is 0. The maximum atomic E-state index is 4.49. The lowest BCUT2D eigenvalue weighted by Crippen LogP contribution is -2.40. The van der Waals surface area contributed by atoms with Gasteiger partial charge in [-0.05, 0) is 38.5 Å². The first kappa shape index (κ1) is 20.7. The molecule has 0 aliphatic carbocycles. The van der Waals surface area contributed by atoms with Crippen molar-refractivity contribution in [1.82, 2.24) is 15.2 Å². The van der Waals surface area contributed by atoms with Crippen LogP contribution < -0.4 is 5.32 Å². The number of nitrogens with zero attached hydrogens (tertiary/aromatic N) is 3. The number of aryl methyl sites for hydroxylation is 2. The van der Waals surface area contributed by atoms with Gasteiger partial charge in [-0.1, -0.05) is 13.8 Å². The van der Waals surface area contributed by atoms with Gasteiger partial charge in [0.15, 0.2) is 5.96 Å². The molecule has 0 bridgehead atoms. The number of thiazole rings is 1. The van der Waals surface area contributed by atoms with Gasteiger partial charge in [-0.2, -0.15) is 0 Å². The molecule has 2 rings (SSSR count). The van der Waals surface area contributed by atoms with Crippen molar-refractivity contribution in [2.45, 2.75) is 47.0 Å². The summed E-state index contributed by atoms with van der Waals surface area (Å²) in [6, 6.07) is 0. The molecule has 1 aliphatic rings. The van der Waals surface area contributed by atoms with E-state index in [-0.39, 0.29) is 24.0 Å². The fourth-order valence-corrected chi connectivity index (χ4v) is 4.25. The Morgan fingerprint density at radius 3 is 2.74 bits per heavy atom. The average Bonchev–Trinajstić information content (AvgIpc) is 3.01. The summed E-state index contributed by atoms with van der Waals surface area (Å²) < 4.78 is 0. The third-order valence-corrected chi connectivity index (χ3v) is 5.37. The molecule has 23 heavy (non-hydrogen) atoms. The predicted molar refractivity (Wildman–Crippen MR) is 111 cm³/mol. The molecule has 132 valence electrons. The van der Waals surface area contributed by atoms with E-state index in [1.54, 1.807) is 0 Å². The molecule has 1 fully saturated rings. The zero-order valence-electron chi connectivity index (χ0n) is 15.1. The van der Waals surface area contributed by atoms with E-state index in [4.69, 9.17) is 0 Å². The maximum absolute atomic E-state index is 4.49. The van der Waals surface area contributed by atoms with E-state index in [0.29, 0.717) is 0 Å². The molecule has 0 radical (unpaired) electrons.